The van der Waals surface area contributed by atoms with Crippen LogP contribution >= 0.6 is 23.2 Å². The molecule has 1 aliphatic rings. The van der Waals surface area contributed by atoms with Crippen LogP contribution in [0.5, 0.6) is 5.75 Å². The SMILES string of the molecule is CC(Oc1cc(-c2ccc(N3CCNCC3)nc2)cnc1N)c1cc(Cl)ccc1Cl. The lowest BCUT2D eigenvalue weighted by atomic mass is 10.1. The number of nitrogens with one attached hydrogen (secondary N) is 1. The fraction of sp³-hybridized carbons (Fsp3) is 0.273. The van der Waals surface area contributed by atoms with Gasteiger partial charge >= 0.3 is 0 Å². The van der Waals surface area contributed by atoms with Crippen molar-refractivity contribution >= 4 is 34.8 Å². The molecule has 1 atom stereocenters. The molecule has 3 N–H and O–H groups in total. The molecule has 6 nitrogen and oxygen atoms in total. The van der Waals surface area contributed by atoms with Crippen LogP contribution in [0.1, 0.15) is 18.6 Å². The number of rotatable bonds is 5. The molecule has 0 amide bonds. The van der Waals surface area contributed by atoms with E-state index in [1.807, 2.05) is 31.3 Å². The van der Waals surface area contributed by atoms with E-state index in [4.69, 9.17) is 33.7 Å². The Morgan fingerprint density at radius 2 is 1.80 bits per heavy atom. The molecule has 1 fully saturated rings. The summed E-state index contributed by atoms with van der Waals surface area (Å²) in [6.45, 7) is 5.75. The summed E-state index contributed by atoms with van der Waals surface area (Å²) in [7, 11) is 0. The molecule has 2 aromatic heterocycles. The minimum atomic E-state index is -0.344. The molecule has 1 aliphatic heterocycles. The largest absolute Gasteiger partial charge is 0.482 e. The van der Waals surface area contributed by atoms with Gasteiger partial charge in [-0.25, -0.2) is 9.97 Å². The van der Waals surface area contributed by atoms with Crippen molar-refractivity contribution < 1.29 is 4.74 Å². The van der Waals surface area contributed by atoms with Crippen LogP contribution in [-0.2, 0) is 0 Å². The quantitative estimate of drug-likeness (QED) is 0.600. The molecule has 3 heterocycles. The number of nitrogens with two attached hydrogens (primary N) is 1. The second-order valence-corrected chi connectivity index (χ2v) is 8.02. The van der Waals surface area contributed by atoms with Gasteiger partial charge in [-0.2, -0.15) is 0 Å². The van der Waals surface area contributed by atoms with Gasteiger partial charge in [0.1, 0.15) is 11.9 Å². The van der Waals surface area contributed by atoms with Crippen LogP contribution in [0, 0.1) is 0 Å². The lowest BCUT2D eigenvalue weighted by molar-refractivity contribution is 0.228. The van der Waals surface area contributed by atoms with Gasteiger partial charge in [0.2, 0.25) is 0 Å². The van der Waals surface area contributed by atoms with E-state index in [2.05, 4.69) is 20.2 Å². The van der Waals surface area contributed by atoms with Gasteiger partial charge in [0.15, 0.2) is 11.6 Å². The van der Waals surface area contributed by atoms with Gasteiger partial charge in [0.25, 0.3) is 0 Å². The number of aromatic nitrogens is 2. The summed E-state index contributed by atoms with van der Waals surface area (Å²) in [6, 6.07) is 11.2. The first-order valence-electron chi connectivity index (χ1n) is 9.80. The Morgan fingerprint density at radius 3 is 2.53 bits per heavy atom. The van der Waals surface area contributed by atoms with Crippen molar-refractivity contribution in [1.29, 1.82) is 0 Å². The number of nitrogen functional groups attached to an aromatic ring is 1. The van der Waals surface area contributed by atoms with Crippen molar-refractivity contribution in [3.05, 3.63) is 64.4 Å². The highest BCUT2D eigenvalue weighted by atomic mass is 35.5. The molecule has 1 unspecified atom stereocenters. The normalized spacial score (nSPS) is 15.1. The Hall–Kier alpha value is -2.54. The Labute approximate surface area is 186 Å². The molecule has 30 heavy (non-hydrogen) atoms. The molecular weight excluding hydrogens is 421 g/mol. The van der Waals surface area contributed by atoms with E-state index in [1.54, 1.807) is 24.4 Å². The fourth-order valence-electron chi connectivity index (χ4n) is 3.43. The maximum atomic E-state index is 6.30. The lowest BCUT2D eigenvalue weighted by Gasteiger charge is -2.28. The molecule has 4 rings (SSSR count). The van der Waals surface area contributed by atoms with Gasteiger partial charge in [-0.3, -0.25) is 0 Å². The zero-order valence-electron chi connectivity index (χ0n) is 16.6. The zero-order chi connectivity index (χ0) is 21.1. The number of anilines is 2. The Bertz CT molecular complexity index is 1020. The molecule has 3 aromatic rings. The first kappa shape index (κ1) is 20.7. The summed E-state index contributed by atoms with van der Waals surface area (Å²) in [4.78, 5) is 11.2. The number of hydrogen-bond acceptors (Lipinski definition) is 6. The van der Waals surface area contributed by atoms with E-state index in [0.717, 1.165) is 48.7 Å². The van der Waals surface area contributed by atoms with Gasteiger partial charge in [0.05, 0.1) is 0 Å². The first-order valence-corrected chi connectivity index (χ1v) is 10.6. The van der Waals surface area contributed by atoms with Crippen LogP contribution in [0.3, 0.4) is 0 Å². The average molecular weight is 444 g/mol. The maximum absolute atomic E-state index is 6.30. The Morgan fingerprint density at radius 1 is 1.03 bits per heavy atom. The summed E-state index contributed by atoms with van der Waals surface area (Å²) in [5.41, 5.74) is 8.67. The zero-order valence-corrected chi connectivity index (χ0v) is 18.1. The van der Waals surface area contributed by atoms with Gasteiger partial charge in [-0.05, 0) is 43.3 Å². The second kappa shape index (κ2) is 9.08. The molecule has 0 saturated carbocycles. The number of nitrogens with zero attached hydrogens (tertiary/aromatic N) is 3. The van der Waals surface area contributed by atoms with Crippen molar-refractivity contribution in [3.63, 3.8) is 0 Å². The summed E-state index contributed by atoms with van der Waals surface area (Å²) in [6.07, 6.45) is 3.23. The van der Waals surface area contributed by atoms with Crippen LogP contribution < -0.4 is 20.7 Å². The third-order valence-corrected chi connectivity index (χ3v) is 5.68. The predicted molar refractivity (Wildman–Crippen MR) is 122 cm³/mol. The summed E-state index contributed by atoms with van der Waals surface area (Å²) < 4.78 is 6.08. The number of piperazine rings is 1. The smallest absolute Gasteiger partial charge is 0.166 e. The van der Waals surface area contributed by atoms with Gasteiger partial charge in [-0.15, -0.1) is 0 Å². The third kappa shape index (κ3) is 4.61. The van der Waals surface area contributed by atoms with Crippen LogP contribution in [0.25, 0.3) is 11.1 Å². The van der Waals surface area contributed by atoms with Gasteiger partial charge in [0, 0.05) is 65.3 Å². The minimum Gasteiger partial charge on any atom is -0.482 e. The van der Waals surface area contributed by atoms with Crippen LogP contribution in [0.2, 0.25) is 10.0 Å². The summed E-state index contributed by atoms with van der Waals surface area (Å²) >= 11 is 12.4. The molecular formula is C22H23Cl2N5O. The number of benzene rings is 1. The molecule has 1 aromatic carbocycles. The molecule has 0 aliphatic carbocycles. The van der Waals surface area contributed by atoms with E-state index in [-0.39, 0.29) is 6.10 Å². The van der Waals surface area contributed by atoms with E-state index < -0.39 is 0 Å². The van der Waals surface area contributed by atoms with E-state index in [9.17, 15) is 0 Å². The second-order valence-electron chi connectivity index (χ2n) is 7.18. The highest BCUT2D eigenvalue weighted by Crippen LogP contribution is 2.33. The van der Waals surface area contributed by atoms with Crippen molar-refractivity contribution in [1.82, 2.24) is 15.3 Å². The minimum absolute atomic E-state index is 0.314. The molecule has 1 saturated heterocycles. The summed E-state index contributed by atoms with van der Waals surface area (Å²) in [5, 5.41) is 4.53. The molecule has 0 radical (unpaired) electrons. The number of hydrogen-bond donors (Lipinski definition) is 2. The van der Waals surface area contributed by atoms with Crippen LogP contribution in [-0.4, -0.2) is 36.1 Å². The average Bonchev–Trinajstić information content (AvgIpc) is 2.77. The highest BCUT2D eigenvalue weighted by molar-refractivity contribution is 6.33. The number of pyridine rings is 2. The maximum Gasteiger partial charge on any atom is 0.166 e. The lowest BCUT2D eigenvalue weighted by Crippen LogP contribution is -2.43. The third-order valence-electron chi connectivity index (χ3n) is 5.10. The highest BCUT2D eigenvalue weighted by Gasteiger charge is 2.16. The van der Waals surface area contributed by atoms with Crippen LogP contribution in [0.15, 0.2) is 48.8 Å². The number of ether oxygens (including phenoxy) is 1. The van der Waals surface area contributed by atoms with Crippen LogP contribution in [0.4, 0.5) is 11.6 Å². The summed E-state index contributed by atoms with van der Waals surface area (Å²) in [5.74, 6) is 1.78. The van der Waals surface area contributed by atoms with Crippen molar-refractivity contribution in [2.75, 3.05) is 36.8 Å². The Kier molecular flexibility index (Phi) is 6.27. The molecule has 156 valence electrons. The Balaban J connectivity index is 1.55. The molecule has 8 heteroatoms. The van der Waals surface area contributed by atoms with E-state index in [0.29, 0.717) is 21.6 Å². The van der Waals surface area contributed by atoms with Gasteiger partial charge in [-0.1, -0.05) is 23.2 Å². The fourth-order valence-corrected chi connectivity index (χ4v) is 3.88. The predicted octanol–water partition coefficient (Wildman–Crippen LogP) is 4.58. The monoisotopic (exact) mass is 443 g/mol. The number of halogens is 2. The molecule has 0 spiro atoms. The molecule has 0 bridgehead atoms. The first-order chi connectivity index (χ1) is 14.5. The van der Waals surface area contributed by atoms with Crippen molar-refractivity contribution in [2.45, 2.75) is 13.0 Å². The van der Waals surface area contributed by atoms with E-state index in [1.165, 1.54) is 0 Å². The standard InChI is InChI=1S/C22H23Cl2N5O/c1-14(18-11-17(23)3-4-19(18)24)30-20-10-16(13-28-22(20)25)15-2-5-21(27-12-15)29-8-6-26-7-9-29/h2-5,10-14,26H,6-9H2,1H3,(H2,25,28). The van der Waals surface area contributed by atoms with Crippen molar-refractivity contribution in [3.8, 4) is 16.9 Å². The van der Waals surface area contributed by atoms with Crippen molar-refractivity contribution in [2.24, 2.45) is 0 Å². The van der Waals surface area contributed by atoms with Gasteiger partial charge < -0.3 is 20.7 Å². The topological polar surface area (TPSA) is 76.3 Å². The van der Waals surface area contributed by atoms with E-state index >= 15 is 0 Å².